The van der Waals surface area contributed by atoms with Crippen LogP contribution in [0.1, 0.15) is 0 Å². The van der Waals surface area contributed by atoms with Crippen LogP contribution in [0, 0.1) is 0 Å². The van der Waals surface area contributed by atoms with E-state index in [-0.39, 0.29) is 0 Å². The van der Waals surface area contributed by atoms with Gasteiger partial charge in [-0.3, -0.25) is 0 Å². The van der Waals surface area contributed by atoms with E-state index in [2.05, 4.69) is 210 Å². The van der Waals surface area contributed by atoms with Gasteiger partial charge in [-0.2, -0.15) is 0 Å². The number of hydrogen-bond donors (Lipinski definition) is 0. The van der Waals surface area contributed by atoms with Gasteiger partial charge in [0.1, 0.15) is 11.2 Å². The molecule has 0 bridgehead atoms. The van der Waals surface area contributed by atoms with Gasteiger partial charge in [-0.05, 0) is 100 Å². The van der Waals surface area contributed by atoms with Crippen LogP contribution >= 0.6 is 0 Å². The Labute approximate surface area is 318 Å². The van der Waals surface area contributed by atoms with E-state index in [0.717, 1.165) is 55.5 Å². The van der Waals surface area contributed by atoms with Gasteiger partial charge in [-0.15, -0.1) is 0 Å². The lowest BCUT2D eigenvalue weighted by Gasteiger charge is -2.27. The fourth-order valence-electron chi connectivity index (χ4n) is 8.39. The molecule has 0 spiro atoms. The van der Waals surface area contributed by atoms with Crippen LogP contribution in [0.3, 0.4) is 0 Å². The number of hydrogen-bond acceptors (Lipinski definition) is 2. The first kappa shape index (κ1) is 31.2. The normalized spacial score (nSPS) is 11.6. The van der Waals surface area contributed by atoms with E-state index >= 15 is 0 Å². The molecule has 0 aliphatic rings. The van der Waals surface area contributed by atoms with Crippen LogP contribution in [0.5, 0.6) is 0 Å². The smallest absolute Gasteiger partial charge is 0.145 e. The third-order valence-electron chi connectivity index (χ3n) is 11.0. The molecular formula is C52H34N2O. The van der Waals surface area contributed by atoms with Gasteiger partial charge in [0.05, 0.1) is 16.7 Å². The minimum Gasteiger partial charge on any atom is -0.455 e. The molecule has 0 aliphatic heterocycles. The molecule has 11 aromatic rings. The SMILES string of the molecule is c1ccc(-c2ccc(N(c3ccc(-c4ccc5c(c4)c4ccccc4n5-c4ccccc4)cc3)c3cccc4ccc5c6ccccc6oc5c34)cc2)cc1. The van der Waals surface area contributed by atoms with Gasteiger partial charge < -0.3 is 13.9 Å². The monoisotopic (exact) mass is 702 g/mol. The molecule has 0 saturated carbocycles. The molecule has 0 atom stereocenters. The lowest BCUT2D eigenvalue weighted by molar-refractivity contribution is 0.672. The van der Waals surface area contributed by atoms with Gasteiger partial charge in [-0.25, -0.2) is 0 Å². The maximum absolute atomic E-state index is 6.65. The number of anilines is 3. The van der Waals surface area contributed by atoms with Crippen molar-refractivity contribution in [3.05, 3.63) is 206 Å². The Bertz CT molecular complexity index is 3180. The van der Waals surface area contributed by atoms with E-state index in [1.54, 1.807) is 0 Å². The number of aromatic nitrogens is 1. The zero-order valence-corrected chi connectivity index (χ0v) is 29.9. The number of rotatable bonds is 6. The van der Waals surface area contributed by atoms with E-state index in [1.807, 2.05) is 6.07 Å². The highest BCUT2D eigenvalue weighted by Gasteiger charge is 2.20. The van der Waals surface area contributed by atoms with Crippen molar-refractivity contribution in [1.82, 2.24) is 4.57 Å². The summed E-state index contributed by atoms with van der Waals surface area (Å²) in [6.45, 7) is 0. The summed E-state index contributed by atoms with van der Waals surface area (Å²) >= 11 is 0. The first-order chi connectivity index (χ1) is 27.3. The van der Waals surface area contributed by atoms with Crippen molar-refractivity contribution >= 4 is 71.6 Å². The average molecular weight is 703 g/mol. The molecule has 55 heavy (non-hydrogen) atoms. The molecule has 0 N–H and O–H groups in total. The largest absolute Gasteiger partial charge is 0.455 e. The minimum atomic E-state index is 0.895. The van der Waals surface area contributed by atoms with Crippen LogP contribution in [-0.2, 0) is 0 Å². The topological polar surface area (TPSA) is 21.3 Å². The van der Waals surface area contributed by atoms with Crippen LogP contribution in [-0.4, -0.2) is 4.57 Å². The maximum atomic E-state index is 6.65. The summed E-state index contributed by atoms with van der Waals surface area (Å²) in [5.74, 6) is 0. The highest BCUT2D eigenvalue weighted by atomic mass is 16.3. The second-order valence-electron chi connectivity index (χ2n) is 14.1. The fraction of sp³-hybridized carbons (Fsp3) is 0. The van der Waals surface area contributed by atoms with E-state index in [9.17, 15) is 0 Å². The average Bonchev–Trinajstić information content (AvgIpc) is 3.81. The van der Waals surface area contributed by atoms with Gasteiger partial charge in [0, 0.05) is 44.0 Å². The van der Waals surface area contributed by atoms with Crippen LogP contribution in [0.4, 0.5) is 17.1 Å². The molecule has 2 heterocycles. The molecule has 0 unspecified atom stereocenters. The van der Waals surface area contributed by atoms with Crippen molar-refractivity contribution in [2.75, 3.05) is 4.90 Å². The summed E-state index contributed by atoms with van der Waals surface area (Å²) in [7, 11) is 0. The van der Waals surface area contributed by atoms with E-state index in [1.165, 1.54) is 44.1 Å². The predicted octanol–water partition coefficient (Wildman–Crippen LogP) is 14.6. The summed E-state index contributed by atoms with van der Waals surface area (Å²) in [5.41, 5.74) is 13.3. The van der Waals surface area contributed by atoms with Gasteiger partial charge in [0.25, 0.3) is 0 Å². The fourth-order valence-corrected chi connectivity index (χ4v) is 8.39. The van der Waals surface area contributed by atoms with Crippen molar-refractivity contribution in [3.8, 4) is 27.9 Å². The summed E-state index contributed by atoms with van der Waals surface area (Å²) in [4.78, 5) is 2.37. The van der Waals surface area contributed by atoms with Crippen molar-refractivity contribution in [3.63, 3.8) is 0 Å². The van der Waals surface area contributed by atoms with Crippen LogP contribution < -0.4 is 4.90 Å². The first-order valence-electron chi connectivity index (χ1n) is 18.8. The number of nitrogens with zero attached hydrogens (tertiary/aromatic N) is 2. The molecule has 258 valence electrons. The minimum absolute atomic E-state index is 0.895. The third-order valence-corrected chi connectivity index (χ3v) is 11.0. The van der Waals surface area contributed by atoms with Crippen molar-refractivity contribution in [2.45, 2.75) is 0 Å². The molecule has 9 aromatic carbocycles. The Morgan fingerprint density at radius 2 is 0.982 bits per heavy atom. The molecule has 0 saturated heterocycles. The highest BCUT2D eigenvalue weighted by Crippen LogP contribution is 2.44. The lowest BCUT2D eigenvalue weighted by Crippen LogP contribution is -2.10. The Kier molecular flexibility index (Phi) is 7.17. The second-order valence-corrected chi connectivity index (χ2v) is 14.1. The quantitative estimate of drug-likeness (QED) is 0.172. The second kappa shape index (κ2) is 12.6. The number of furan rings is 1. The van der Waals surface area contributed by atoms with Crippen molar-refractivity contribution in [1.29, 1.82) is 0 Å². The van der Waals surface area contributed by atoms with Crippen molar-refractivity contribution < 1.29 is 4.42 Å². The third kappa shape index (κ3) is 5.13. The molecule has 0 amide bonds. The Morgan fingerprint density at radius 3 is 1.75 bits per heavy atom. The summed E-state index contributed by atoms with van der Waals surface area (Å²) < 4.78 is 9.01. The van der Waals surface area contributed by atoms with E-state index in [4.69, 9.17) is 4.42 Å². The molecule has 0 radical (unpaired) electrons. The molecule has 3 heteroatoms. The van der Waals surface area contributed by atoms with Crippen LogP contribution in [0.15, 0.2) is 211 Å². The summed E-state index contributed by atoms with van der Waals surface area (Å²) in [6, 6.07) is 73.9. The molecule has 0 fully saturated rings. The Balaban J connectivity index is 1.06. The zero-order chi connectivity index (χ0) is 36.3. The molecule has 0 aliphatic carbocycles. The van der Waals surface area contributed by atoms with Gasteiger partial charge in [0.15, 0.2) is 0 Å². The standard InChI is InChI=1S/C52H34N2O/c1-3-12-35(13-4-1)36-22-28-41(29-23-36)53(49-20-11-14-38-26-32-45-44-18-8-10-21-50(44)55-52(45)51(38)49)42-30-24-37(25-31-42)39-27-33-48-46(34-39)43-17-7-9-19-47(43)54(48)40-15-5-2-6-16-40/h1-34H. The molecule has 3 nitrogen and oxygen atoms in total. The predicted molar refractivity (Wildman–Crippen MR) is 231 cm³/mol. The van der Waals surface area contributed by atoms with Crippen molar-refractivity contribution in [2.24, 2.45) is 0 Å². The molecular weight excluding hydrogens is 669 g/mol. The molecule has 2 aromatic heterocycles. The Morgan fingerprint density at radius 1 is 0.382 bits per heavy atom. The number of fused-ring (bicyclic) bond motifs is 8. The maximum Gasteiger partial charge on any atom is 0.145 e. The van der Waals surface area contributed by atoms with Crippen LogP contribution in [0.2, 0.25) is 0 Å². The van der Waals surface area contributed by atoms with E-state index < -0.39 is 0 Å². The number of para-hydroxylation sites is 3. The van der Waals surface area contributed by atoms with Gasteiger partial charge in [-0.1, -0.05) is 133 Å². The lowest BCUT2D eigenvalue weighted by atomic mass is 10.0. The first-order valence-corrected chi connectivity index (χ1v) is 18.8. The van der Waals surface area contributed by atoms with E-state index in [0.29, 0.717) is 0 Å². The van der Waals surface area contributed by atoms with Gasteiger partial charge >= 0.3 is 0 Å². The number of benzene rings is 9. The summed E-state index contributed by atoms with van der Waals surface area (Å²) in [6.07, 6.45) is 0. The van der Waals surface area contributed by atoms with Crippen LogP contribution in [0.25, 0.3) is 82.5 Å². The summed E-state index contributed by atoms with van der Waals surface area (Å²) in [5, 5.41) is 6.96. The molecule has 11 rings (SSSR count). The highest BCUT2D eigenvalue weighted by molar-refractivity contribution is 6.19. The Hall–Kier alpha value is -7.36. The zero-order valence-electron chi connectivity index (χ0n) is 29.9. The van der Waals surface area contributed by atoms with Gasteiger partial charge in [0.2, 0.25) is 0 Å².